The first-order valence-electron chi connectivity index (χ1n) is 6.52. The van der Waals surface area contributed by atoms with Gasteiger partial charge in [-0.3, -0.25) is 4.68 Å². The molecule has 0 bridgehead atoms. The fourth-order valence-corrected chi connectivity index (χ4v) is 2.30. The molecule has 1 aromatic rings. The SMILES string of the molecule is CNc1c2c(nn1C)CCN(C(=O)OC(C)(C)C)C2. The maximum atomic E-state index is 12.1. The van der Waals surface area contributed by atoms with E-state index >= 15 is 0 Å². The second-order valence-electron chi connectivity index (χ2n) is 5.80. The Morgan fingerprint density at radius 1 is 1.42 bits per heavy atom. The van der Waals surface area contributed by atoms with Gasteiger partial charge >= 0.3 is 6.09 Å². The van der Waals surface area contributed by atoms with Crippen LogP contribution in [0.5, 0.6) is 0 Å². The summed E-state index contributed by atoms with van der Waals surface area (Å²) in [5.41, 5.74) is 1.69. The first-order valence-corrected chi connectivity index (χ1v) is 6.52. The van der Waals surface area contributed by atoms with Crippen molar-refractivity contribution in [1.82, 2.24) is 14.7 Å². The number of carbonyl (C=O) groups is 1. The molecule has 0 atom stereocenters. The number of anilines is 1. The molecule has 0 fully saturated rings. The van der Waals surface area contributed by atoms with E-state index in [0.717, 1.165) is 23.5 Å². The van der Waals surface area contributed by atoms with Crippen LogP contribution < -0.4 is 5.32 Å². The molecule has 1 aliphatic heterocycles. The first-order chi connectivity index (χ1) is 8.81. The third-order valence-corrected chi connectivity index (χ3v) is 3.08. The molecule has 1 amide bonds. The fourth-order valence-electron chi connectivity index (χ4n) is 2.30. The van der Waals surface area contributed by atoms with Gasteiger partial charge in [0.05, 0.1) is 12.2 Å². The van der Waals surface area contributed by atoms with Gasteiger partial charge in [-0.1, -0.05) is 0 Å². The Bertz CT molecular complexity index is 488. The van der Waals surface area contributed by atoms with E-state index in [9.17, 15) is 4.79 Å². The summed E-state index contributed by atoms with van der Waals surface area (Å²) in [5, 5.41) is 7.60. The van der Waals surface area contributed by atoms with Crippen molar-refractivity contribution >= 4 is 11.9 Å². The average molecular weight is 266 g/mol. The summed E-state index contributed by atoms with van der Waals surface area (Å²) in [6.07, 6.45) is 0.508. The number of nitrogens with zero attached hydrogens (tertiary/aromatic N) is 3. The van der Waals surface area contributed by atoms with Crippen LogP contribution in [0.2, 0.25) is 0 Å². The molecule has 1 aliphatic rings. The van der Waals surface area contributed by atoms with Crippen LogP contribution in [0, 0.1) is 0 Å². The van der Waals surface area contributed by atoms with E-state index in [-0.39, 0.29) is 6.09 Å². The van der Waals surface area contributed by atoms with E-state index in [1.54, 1.807) is 4.90 Å². The molecular formula is C13H22N4O2. The number of carbonyl (C=O) groups excluding carboxylic acids is 1. The van der Waals surface area contributed by atoms with Gasteiger partial charge in [0.1, 0.15) is 11.4 Å². The van der Waals surface area contributed by atoms with Crippen LogP contribution in [0.25, 0.3) is 0 Å². The lowest BCUT2D eigenvalue weighted by Crippen LogP contribution is -2.39. The average Bonchev–Trinajstić information content (AvgIpc) is 2.60. The number of nitrogens with one attached hydrogen (secondary N) is 1. The van der Waals surface area contributed by atoms with Crippen LogP contribution in [-0.2, 0) is 24.8 Å². The quantitative estimate of drug-likeness (QED) is 0.841. The Balaban J connectivity index is 2.15. The van der Waals surface area contributed by atoms with Crippen LogP contribution in [0.4, 0.5) is 10.6 Å². The Hall–Kier alpha value is -1.72. The minimum atomic E-state index is -0.460. The molecule has 0 saturated carbocycles. The highest BCUT2D eigenvalue weighted by Crippen LogP contribution is 2.26. The monoisotopic (exact) mass is 266 g/mol. The van der Waals surface area contributed by atoms with E-state index in [2.05, 4.69) is 10.4 Å². The normalized spacial score (nSPS) is 15.1. The molecule has 0 aliphatic carbocycles. The summed E-state index contributed by atoms with van der Waals surface area (Å²) in [5.74, 6) is 0.961. The summed E-state index contributed by atoms with van der Waals surface area (Å²) in [4.78, 5) is 13.8. The van der Waals surface area contributed by atoms with Gasteiger partial charge in [-0.25, -0.2) is 4.79 Å². The van der Waals surface area contributed by atoms with Gasteiger partial charge in [0.15, 0.2) is 0 Å². The van der Waals surface area contributed by atoms with E-state index in [1.807, 2.05) is 39.5 Å². The smallest absolute Gasteiger partial charge is 0.410 e. The lowest BCUT2D eigenvalue weighted by atomic mass is 10.1. The highest BCUT2D eigenvalue weighted by Gasteiger charge is 2.29. The van der Waals surface area contributed by atoms with Gasteiger partial charge in [0.2, 0.25) is 0 Å². The lowest BCUT2D eigenvalue weighted by Gasteiger charge is -2.29. The predicted octanol–water partition coefficient (Wildman–Crippen LogP) is 1.75. The Kier molecular flexibility index (Phi) is 3.43. The topological polar surface area (TPSA) is 59.4 Å². The standard InChI is InChI=1S/C13H22N4O2/c1-13(2,3)19-12(18)17-7-6-10-9(8-17)11(14-4)16(5)15-10/h14H,6-8H2,1-5H3. The van der Waals surface area contributed by atoms with Crippen molar-refractivity contribution in [3.05, 3.63) is 11.3 Å². The molecule has 19 heavy (non-hydrogen) atoms. The highest BCUT2D eigenvalue weighted by atomic mass is 16.6. The Morgan fingerprint density at radius 2 is 2.11 bits per heavy atom. The molecule has 2 heterocycles. The zero-order valence-corrected chi connectivity index (χ0v) is 12.3. The summed E-state index contributed by atoms with van der Waals surface area (Å²) in [6, 6.07) is 0. The van der Waals surface area contributed by atoms with Crippen molar-refractivity contribution in [3.8, 4) is 0 Å². The number of rotatable bonds is 1. The van der Waals surface area contributed by atoms with E-state index in [4.69, 9.17) is 4.74 Å². The number of aryl methyl sites for hydroxylation is 1. The van der Waals surface area contributed by atoms with Crippen LogP contribution in [0.1, 0.15) is 32.0 Å². The van der Waals surface area contributed by atoms with Gasteiger partial charge in [-0.15, -0.1) is 0 Å². The molecule has 6 heteroatoms. The largest absolute Gasteiger partial charge is 0.444 e. The lowest BCUT2D eigenvalue weighted by molar-refractivity contribution is 0.0224. The molecule has 1 aromatic heterocycles. The molecule has 2 rings (SSSR count). The zero-order valence-electron chi connectivity index (χ0n) is 12.3. The summed E-state index contributed by atoms with van der Waals surface area (Å²) in [6.45, 7) is 6.84. The number of amides is 1. The number of hydrogen-bond donors (Lipinski definition) is 1. The van der Waals surface area contributed by atoms with Crippen molar-refractivity contribution in [1.29, 1.82) is 0 Å². The molecule has 1 N–H and O–H groups in total. The van der Waals surface area contributed by atoms with Gasteiger partial charge in [-0.05, 0) is 20.8 Å². The number of ether oxygens (including phenoxy) is 1. The van der Waals surface area contributed by atoms with E-state index in [0.29, 0.717) is 13.1 Å². The molecule has 0 aromatic carbocycles. The maximum absolute atomic E-state index is 12.1. The fraction of sp³-hybridized carbons (Fsp3) is 0.692. The van der Waals surface area contributed by atoms with Crippen molar-refractivity contribution in [2.45, 2.75) is 39.3 Å². The molecule has 0 radical (unpaired) electrons. The Morgan fingerprint density at radius 3 is 2.68 bits per heavy atom. The molecule has 6 nitrogen and oxygen atoms in total. The summed E-state index contributed by atoms with van der Waals surface area (Å²) < 4.78 is 7.23. The van der Waals surface area contributed by atoms with Crippen LogP contribution >= 0.6 is 0 Å². The number of aromatic nitrogens is 2. The van der Waals surface area contributed by atoms with Gasteiger partial charge < -0.3 is 15.0 Å². The molecular weight excluding hydrogens is 244 g/mol. The minimum Gasteiger partial charge on any atom is -0.444 e. The second-order valence-corrected chi connectivity index (χ2v) is 5.80. The third kappa shape index (κ3) is 2.83. The molecule has 0 spiro atoms. The van der Waals surface area contributed by atoms with Crippen LogP contribution in [0.3, 0.4) is 0 Å². The maximum Gasteiger partial charge on any atom is 0.410 e. The highest BCUT2D eigenvalue weighted by molar-refractivity contribution is 5.69. The molecule has 106 valence electrons. The first kappa shape index (κ1) is 13.7. The van der Waals surface area contributed by atoms with E-state index < -0.39 is 5.60 Å². The molecule has 0 saturated heterocycles. The van der Waals surface area contributed by atoms with Crippen molar-refractivity contribution < 1.29 is 9.53 Å². The van der Waals surface area contributed by atoms with Crippen molar-refractivity contribution in [2.75, 3.05) is 18.9 Å². The number of hydrogen-bond acceptors (Lipinski definition) is 4. The summed E-state index contributed by atoms with van der Waals surface area (Å²) in [7, 11) is 3.77. The minimum absolute atomic E-state index is 0.260. The van der Waals surface area contributed by atoms with Gasteiger partial charge in [-0.2, -0.15) is 5.10 Å². The van der Waals surface area contributed by atoms with Gasteiger partial charge in [0.25, 0.3) is 0 Å². The van der Waals surface area contributed by atoms with Crippen LogP contribution in [-0.4, -0.2) is 40.0 Å². The van der Waals surface area contributed by atoms with Gasteiger partial charge in [0, 0.05) is 32.6 Å². The summed E-state index contributed by atoms with van der Waals surface area (Å²) >= 11 is 0. The van der Waals surface area contributed by atoms with E-state index in [1.165, 1.54) is 0 Å². The predicted molar refractivity (Wildman–Crippen MR) is 73.1 cm³/mol. The van der Waals surface area contributed by atoms with Crippen molar-refractivity contribution in [2.24, 2.45) is 7.05 Å². The molecule has 0 unspecified atom stereocenters. The second kappa shape index (κ2) is 4.75. The van der Waals surface area contributed by atoms with Crippen LogP contribution in [0.15, 0.2) is 0 Å². The Labute approximate surface area is 113 Å². The van der Waals surface area contributed by atoms with Crippen molar-refractivity contribution in [3.63, 3.8) is 0 Å². The number of fused-ring (bicyclic) bond motifs is 1. The zero-order chi connectivity index (χ0) is 14.2. The third-order valence-electron chi connectivity index (χ3n) is 3.08.